The highest BCUT2D eigenvalue weighted by Crippen LogP contribution is 2.21. The van der Waals surface area contributed by atoms with Gasteiger partial charge in [0.2, 0.25) is 0 Å². The summed E-state index contributed by atoms with van der Waals surface area (Å²) in [4.78, 5) is 12.5. The second kappa shape index (κ2) is 9.94. The molecule has 0 atom stereocenters. The lowest BCUT2D eigenvalue weighted by atomic mass is 10.1. The molecule has 0 aliphatic rings. The minimum absolute atomic E-state index is 0.0854. The molecule has 146 valence electrons. The van der Waals surface area contributed by atoms with Gasteiger partial charge >= 0.3 is 0 Å². The van der Waals surface area contributed by atoms with Crippen molar-refractivity contribution in [2.45, 2.75) is 18.2 Å². The van der Waals surface area contributed by atoms with Gasteiger partial charge in [0, 0.05) is 13.1 Å². The van der Waals surface area contributed by atoms with Crippen molar-refractivity contribution in [3.05, 3.63) is 54.1 Å². The van der Waals surface area contributed by atoms with Gasteiger partial charge in [-0.25, -0.2) is 8.42 Å². The fraction of sp³-hybridized carbons (Fsp3) is 0.316. The van der Waals surface area contributed by atoms with E-state index in [4.69, 9.17) is 4.74 Å². The average Bonchev–Trinajstić information content (AvgIpc) is 2.68. The fourth-order valence-corrected chi connectivity index (χ4v) is 3.47. The normalized spacial score (nSPS) is 11.0. The van der Waals surface area contributed by atoms with Gasteiger partial charge in [0.25, 0.3) is 15.9 Å². The van der Waals surface area contributed by atoms with E-state index in [0.29, 0.717) is 18.8 Å². The summed E-state index contributed by atoms with van der Waals surface area (Å²) in [7, 11) is -2.32. The van der Waals surface area contributed by atoms with Crippen LogP contribution in [0.2, 0.25) is 0 Å². The number of sulfonamides is 1. The highest BCUT2D eigenvalue weighted by molar-refractivity contribution is 7.92. The molecule has 0 bridgehead atoms. The van der Waals surface area contributed by atoms with Crippen molar-refractivity contribution in [1.29, 1.82) is 0 Å². The Morgan fingerprint density at radius 2 is 1.70 bits per heavy atom. The van der Waals surface area contributed by atoms with Gasteiger partial charge in [-0.2, -0.15) is 0 Å². The number of nitrogens with one attached hydrogen (secondary N) is 3. The maximum absolute atomic E-state index is 12.6. The van der Waals surface area contributed by atoms with Crippen LogP contribution in [0.1, 0.15) is 23.7 Å². The quantitative estimate of drug-likeness (QED) is 0.540. The molecule has 3 N–H and O–H groups in total. The van der Waals surface area contributed by atoms with Crippen LogP contribution in [0.5, 0.6) is 5.75 Å². The van der Waals surface area contributed by atoms with Crippen LogP contribution in [0.4, 0.5) is 5.69 Å². The van der Waals surface area contributed by atoms with Crippen molar-refractivity contribution < 1.29 is 17.9 Å². The van der Waals surface area contributed by atoms with E-state index in [2.05, 4.69) is 22.3 Å². The van der Waals surface area contributed by atoms with E-state index in [-0.39, 0.29) is 22.1 Å². The molecule has 0 radical (unpaired) electrons. The zero-order chi connectivity index (χ0) is 19.7. The van der Waals surface area contributed by atoms with Crippen molar-refractivity contribution in [2.75, 3.05) is 31.5 Å². The molecule has 0 heterocycles. The number of benzene rings is 2. The summed E-state index contributed by atoms with van der Waals surface area (Å²) in [5.41, 5.74) is 0.498. The van der Waals surface area contributed by atoms with Crippen LogP contribution in [-0.4, -0.2) is 41.1 Å². The van der Waals surface area contributed by atoms with E-state index in [1.54, 1.807) is 36.4 Å². The molecule has 2 rings (SSSR count). The van der Waals surface area contributed by atoms with E-state index >= 15 is 0 Å². The van der Waals surface area contributed by atoms with Gasteiger partial charge in [0.15, 0.2) is 0 Å². The van der Waals surface area contributed by atoms with Gasteiger partial charge in [-0.3, -0.25) is 9.52 Å². The number of para-hydroxylation sites is 1. The molecule has 0 aliphatic carbocycles. The maximum Gasteiger partial charge on any atom is 0.261 e. The molecule has 0 saturated carbocycles. The second-order valence-corrected chi connectivity index (χ2v) is 7.51. The van der Waals surface area contributed by atoms with Gasteiger partial charge in [-0.05, 0) is 49.4 Å². The SMILES string of the molecule is CCCNCCNC(=O)c1ccccc1NS(=O)(=O)c1ccc(OC)cc1. The lowest BCUT2D eigenvalue weighted by molar-refractivity contribution is 0.0955. The van der Waals surface area contributed by atoms with Crippen LogP contribution < -0.4 is 20.1 Å². The first-order chi connectivity index (χ1) is 13.0. The van der Waals surface area contributed by atoms with Crippen LogP contribution >= 0.6 is 0 Å². The number of methoxy groups -OCH3 is 1. The summed E-state index contributed by atoms with van der Waals surface area (Å²) in [6.45, 7) is 4.06. The topological polar surface area (TPSA) is 96.5 Å². The Balaban J connectivity index is 2.10. The monoisotopic (exact) mass is 391 g/mol. The van der Waals surface area contributed by atoms with Crippen LogP contribution in [0.15, 0.2) is 53.4 Å². The van der Waals surface area contributed by atoms with E-state index in [9.17, 15) is 13.2 Å². The van der Waals surface area contributed by atoms with Crippen molar-refractivity contribution in [1.82, 2.24) is 10.6 Å². The summed E-state index contributed by atoms with van der Waals surface area (Å²) in [6.07, 6.45) is 1.02. The molecule has 0 aliphatic heterocycles. The van der Waals surface area contributed by atoms with Gasteiger partial charge in [0.05, 0.1) is 23.3 Å². The van der Waals surface area contributed by atoms with E-state index in [1.165, 1.54) is 19.2 Å². The maximum atomic E-state index is 12.6. The number of hydrogen-bond acceptors (Lipinski definition) is 5. The molecule has 0 spiro atoms. The Kier molecular flexibility index (Phi) is 7.63. The Morgan fingerprint density at radius 1 is 1.00 bits per heavy atom. The average molecular weight is 391 g/mol. The van der Waals surface area contributed by atoms with Crippen LogP contribution in [0.3, 0.4) is 0 Å². The molecule has 0 aromatic heterocycles. The summed E-state index contributed by atoms with van der Waals surface area (Å²) in [5.74, 6) is 0.228. The van der Waals surface area contributed by atoms with Gasteiger partial charge in [-0.1, -0.05) is 19.1 Å². The molecule has 0 unspecified atom stereocenters. The molecule has 1 amide bonds. The Morgan fingerprint density at radius 3 is 2.37 bits per heavy atom. The third-order valence-electron chi connectivity index (χ3n) is 3.80. The first-order valence-electron chi connectivity index (χ1n) is 8.72. The molecular formula is C19H25N3O4S. The van der Waals surface area contributed by atoms with Crippen molar-refractivity contribution in [2.24, 2.45) is 0 Å². The van der Waals surface area contributed by atoms with Crippen molar-refractivity contribution in [3.63, 3.8) is 0 Å². The smallest absolute Gasteiger partial charge is 0.261 e. The number of ether oxygens (including phenoxy) is 1. The third kappa shape index (κ3) is 5.97. The van der Waals surface area contributed by atoms with Gasteiger partial charge in [0.1, 0.15) is 5.75 Å². The molecule has 0 saturated heterocycles. The zero-order valence-corrected chi connectivity index (χ0v) is 16.3. The number of carbonyl (C=O) groups is 1. The second-order valence-electron chi connectivity index (χ2n) is 5.83. The Hall–Kier alpha value is -2.58. The highest BCUT2D eigenvalue weighted by atomic mass is 32.2. The fourth-order valence-electron chi connectivity index (χ4n) is 2.39. The van der Waals surface area contributed by atoms with E-state index < -0.39 is 10.0 Å². The Bertz CT molecular complexity index is 852. The lowest BCUT2D eigenvalue weighted by Gasteiger charge is -2.13. The van der Waals surface area contributed by atoms with Gasteiger partial charge < -0.3 is 15.4 Å². The summed E-state index contributed by atoms with van der Waals surface area (Å²) < 4.78 is 32.8. The molecule has 2 aromatic carbocycles. The number of hydrogen-bond donors (Lipinski definition) is 3. The number of amides is 1. The first-order valence-corrected chi connectivity index (χ1v) is 10.2. The highest BCUT2D eigenvalue weighted by Gasteiger charge is 2.18. The molecule has 2 aromatic rings. The summed E-state index contributed by atoms with van der Waals surface area (Å²) >= 11 is 0. The van der Waals surface area contributed by atoms with Crippen LogP contribution in [-0.2, 0) is 10.0 Å². The predicted octanol–water partition coefficient (Wildman–Crippen LogP) is 2.23. The lowest BCUT2D eigenvalue weighted by Crippen LogP contribution is -2.32. The minimum atomic E-state index is -3.82. The summed E-state index contributed by atoms with van der Waals surface area (Å²) in [6, 6.07) is 12.5. The first kappa shape index (κ1) is 20.7. The number of rotatable bonds is 10. The van der Waals surface area contributed by atoms with Crippen molar-refractivity contribution in [3.8, 4) is 5.75 Å². The predicted molar refractivity (Wildman–Crippen MR) is 106 cm³/mol. The van der Waals surface area contributed by atoms with Crippen molar-refractivity contribution >= 4 is 21.6 Å². The third-order valence-corrected chi connectivity index (χ3v) is 5.18. The summed E-state index contributed by atoms with van der Waals surface area (Å²) in [5, 5.41) is 5.98. The zero-order valence-electron chi connectivity index (χ0n) is 15.5. The largest absolute Gasteiger partial charge is 0.497 e. The van der Waals surface area contributed by atoms with E-state index in [0.717, 1.165) is 13.0 Å². The molecule has 8 heteroatoms. The standard InChI is InChI=1S/C19H25N3O4S/c1-3-12-20-13-14-21-19(23)17-6-4-5-7-18(17)22-27(24,25)16-10-8-15(26-2)9-11-16/h4-11,20,22H,3,12-14H2,1-2H3,(H,21,23). The molecule has 7 nitrogen and oxygen atoms in total. The minimum Gasteiger partial charge on any atom is -0.497 e. The number of carbonyl (C=O) groups excluding carboxylic acids is 1. The Labute approximate surface area is 160 Å². The number of anilines is 1. The van der Waals surface area contributed by atoms with Crippen LogP contribution in [0, 0.1) is 0 Å². The van der Waals surface area contributed by atoms with Crippen LogP contribution in [0.25, 0.3) is 0 Å². The van der Waals surface area contributed by atoms with E-state index in [1.807, 2.05) is 0 Å². The molecule has 0 fully saturated rings. The molecular weight excluding hydrogens is 366 g/mol. The van der Waals surface area contributed by atoms with Gasteiger partial charge in [-0.15, -0.1) is 0 Å². The molecule has 27 heavy (non-hydrogen) atoms.